The van der Waals surface area contributed by atoms with Crippen molar-refractivity contribution in [1.82, 2.24) is 10.2 Å². The lowest BCUT2D eigenvalue weighted by atomic mass is 9.70. The van der Waals surface area contributed by atoms with Crippen molar-refractivity contribution in [3.05, 3.63) is 71.8 Å². The largest absolute Gasteiger partial charge is 0.493 e. The maximum Gasteiger partial charge on any atom is 0.254 e. The lowest BCUT2D eigenvalue weighted by Gasteiger charge is -2.51. The van der Waals surface area contributed by atoms with Gasteiger partial charge in [-0.05, 0) is 85.7 Å². The zero-order valence-electron chi connectivity index (χ0n) is 22.5. The SMILES string of the molecule is COc1ccc(C(=O)N(Cc2ccc3ccccc3c2)C(C)(C2CCCCC2)C2CCCN2)cc1OC. The number of benzene rings is 3. The molecule has 1 aliphatic carbocycles. The van der Waals surface area contributed by atoms with E-state index in [4.69, 9.17) is 9.47 Å². The molecule has 1 aliphatic heterocycles. The molecule has 0 bridgehead atoms. The lowest BCUT2D eigenvalue weighted by molar-refractivity contribution is 0.00204. The topological polar surface area (TPSA) is 50.8 Å². The van der Waals surface area contributed by atoms with Gasteiger partial charge in [-0.25, -0.2) is 0 Å². The fraction of sp³-hybridized carbons (Fsp3) is 0.469. The second kappa shape index (κ2) is 11.1. The Morgan fingerprint density at radius 2 is 1.65 bits per heavy atom. The average Bonchev–Trinajstić information content (AvgIpc) is 3.51. The van der Waals surface area contributed by atoms with Crippen LogP contribution in [0.15, 0.2) is 60.7 Å². The summed E-state index contributed by atoms with van der Waals surface area (Å²) in [5.41, 5.74) is 1.50. The maximum atomic E-state index is 14.5. The van der Waals surface area contributed by atoms with E-state index in [0.29, 0.717) is 29.5 Å². The molecule has 3 aromatic carbocycles. The first-order valence-electron chi connectivity index (χ1n) is 13.8. The molecule has 1 saturated heterocycles. The van der Waals surface area contributed by atoms with Gasteiger partial charge in [-0.2, -0.15) is 0 Å². The van der Waals surface area contributed by atoms with Gasteiger partial charge in [0.05, 0.1) is 19.8 Å². The highest BCUT2D eigenvalue weighted by atomic mass is 16.5. The van der Waals surface area contributed by atoms with Crippen LogP contribution in [0.3, 0.4) is 0 Å². The normalized spacial score (nSPS) is 19.9. The van der Waals surface area contributed by atoms with Crippen molar-refractivity contribution in [1.29, 1.82) is 0 Å². The molecule has 5 nitrogen and oxygen atoms in total. The lowest BCUT2D eigenvalue weighted by Crippen LogP contribution is -2.63. The Morgan fingerprint density at radius 3 is 2.35 bits per heavy atom. The van der Waals surface area contributed by atoms with E-state index in [1.165, 1.54) is 42.9 Å². The number of carbonyl (C=O) groups excluding carboxylic acids is 1. The van der Waals surface area contributed by atoms with Crippen LogP contribution in [-0.2, 0) is 6.54 Å². The third kappa shape index (κ3) is 5.06. The molecule has 5 rings (SSSR count). The summed E-state index contributed by atoms with van der Waals surface area (Å²) in [4.78, 5) is 16.7. The number of nitrogens with zero attached hydrogens (tertiary/aromatic N) is 1. The van der Waals surface area contributed by atoms with E-state index in [1.54, 1.807) is 14.2 Å². The van der Waals surface area contributed by atoms with E-state index >= 15 is 0 Å². The molecule has 0 spiro atoms. The first kappa shape index (κ1) is 25.6. The Balaban J connectivity index is 1.60. The van der Waals surface area contributed by atoms with Gasteiger partial charge in [0.15, 0.2) is 11.5 Å². The fourth-order valence-corrected chi connectivity index (χ4v) is 6.67. The molecule has 1 amide bonds. The summed E-state index contributed by atoms with van der Waals surface area (Å²) >= 11 is 0. The average molecular weight is 501 g/mol. The van der Waals surface area contributed by atoms with Gasteiger partial charge >= 0.3 is 0 Å². The smallest absolute Gasteiger partial charge is 0.254 e. The monoisotopic (exact) mass is 500 g/mol. The van der Waals surface area contributed by atoms with E-state index in [0.717, 1.165) is 24.9 Å². The number of nitrogens with one attached hydrogen (secondary N) is 1. The number of methoxy groups -OCH3 is 2. The van der Waals surface area contributed by atoms with Gasteiger partial charge in [0, 0.05) is 18.2 Å². The van der Waals surface area contributed by atoms with Crippen molar-refractivity contribution >= 4 is 16.7 Å². The summed E-state index contributed by atoms with van der Waals surface area (Å²) in [6, 6.07) is 20.9. The molecule has 2 atom stereocenters. The van der Waals surface area contributed by atoms with Crippen molar-refractivity contribution in [3.8, 4) is 11.5 Å². The van der Waals surface area contributed by atoms with Crippen LogP contribution in [0.1, 0.15) is 67.8 Å². The summed E-state index contributed by atoms with van der Waals surface area (Å²) in [7, 11) is 3.24. The third-order valence-corrected chi connectivity index (χ3v) is 8.81. The van der Waals surface area contributed by atoms with Gasteiger partial charge in [0.2, 0.25) is 0 Å². The number of hydrogen-bond donors (Lipinski definition) is 1. The summed E-state index contributed by atoms with van der Waals surface area (Å²) < 4.78 is 11.0. The quantitative estimate of drug-likeness (QED) is 0.379. The molecule has 1 saturated carbocycles. The van der Waals surface area contributed by atoms with Crippen molar-refractivity contribution in [3.63, 3.8) is 0 Å². The van der Waals surface area contributed by atoms with Crippen LogP contribution in [-0.4, -0.2) is 43.2 Å². The van der Waals surface area contributed by atoms with Crippen LogP contribution in [0, 0.1) is 5.92 Å². The minimum atomic E-state index is -0.299. The van der Waals surface area contributed by atoms with Gasteiger partial charge in [-0.15, -0.1) is 0 Å². The zero-order valence-corrected chi connectivity index (χ0v) is 22.5. The molecule has 2 fully saturated rings. The standard InChI is InChI=1S/C32H40N2O3/c1-32(30-14-9-19-33-30,27-12-5-4-6-13-27)34(22-23-15-16-24-10-7-8-11-25(24)20-23)31(35)26-17-18-28(36-2)29(21-26)37-3/h7-8,10-11,15-18,20-21,27,30,33H,4-6,9,12-14,19,22H2,1-3H3. The van der Waals surface area contributed by atoms with Crippen LogP contribution in [0.5, 0.6) is 11.5 Å². The zero-order chi connectivity index (χ0) is 25.8. The van der Waals surface area contributed by atoms with Gasteiger partial charge in [-0.1, -0.05) is 55.7 Å². The fourth-order valence-electron chi connectivity index (χ4n) is 6.67. The number of carbonyl (C=O) groups is 1. The molecule has 2 aliphatic rings. The van der Waals surface area contributed by atoms with Crippen molar-refractivity contribution in [2.45, 2.75) is 70.0 Å². The molecule has 1 heterocycles. The Morgan fingerprint density at radius 1 is 0.892 bits per heavy atom. The molecule has 5 heteroatoms. The van der Waals surface area contributed by atoms with Gasteiger partial charge in [0.1, 0.15) is 0 Å². The molecule has 37 heavy (non-hydrogen) atoms. The second-order valence-electron chi connectivity index (χ2n) is 10.9. The van der Waals surface area contributed by atoms with E-state index in [9.17, 15) is 4.79 Å². The molecule has 2 unspecified atom stereocenters. The summed E-state index contributed by atoms with van der Waals surface area (Å²) in [5.74, 6) is 1.72. The Kier molecular flexibility index (Phi) is 7.71. The van der Waals surface area contributed by atoms with Crippen molar-refractivity contribution < 1.29 is 14.3 Å². The molecule has 0 aromatic heterocycles. The Bertz CT molecular complexity index is 1230. The van der Waals surface area contributed by atoms with E-state index in [2.05, 4.69) is 59.6 Å². The van der Waals surface area contributed by atoms with Crippen LogP contribution in [0.2, 0.25) is 0 Å². The number of hydrogen-bond acceptors (Lipinski definition) is 4. The molecule has 3 aromatic rings. The first-order chi connectivity index (χ1) is 18.0. The predicted molar refractivity (Wildman–Crippen MR) is 149 cm³/mol. The van der Waals surface area contributed by atoms with Crippen LogP contribution < -0.4 is 14.8 Å². The van der Waals surface area contributed by atoms with Gasteiger partial charge < -0.3 is 19.7 Å². The van der Waals surface area contributed by atoms with E-state index < -0.39 is 0 Å². The number of amides is 1. The highest BCUT2D eigenvalue weighted by molar-refractivity contribution is 5.95. The molecule has 196 valence electrons. The molecule has 1 N–H and O–H groups in total. The summed E-state index contributed by atoms with van der Waals surface area (Å²) in [6.45, 7) is 3.94. The number of fused-ring (bicyclic) bond motifs is 1. The van der Waals surface area contributed by atoms with E-state index in [-0.39, 0.29) is 17.5 Å². The minimum Gasteiger partial charge on any atom is -0.493 e. The van der Waals surface area contributed by atoms with Gasteiger partial charge in [0.25, 0.3) is 5.91 Å². The Hall–Kier alpha value is -3.05. The van der Waals surface area contributed by atoms with Crippen LogP contribution in [0.4, 0.5) is 0 Å². The Labute approximate surface area is 221 Å². The number of ether oxygens (including phenoxy) is 2. The van der Waals surface area contributed by atoms with Crippen molar-refractivity contribution in [2.24, 2.45) is 5.92 Å². The molecular formula is C32H40N2O3. The van der Waals surface area contributed by atoms with Gasteiger partial charge in [-0.3, -0.25) is 4.79 Å². The minimum absolute atomic E-state index is 0.0517. The predicted octanol–water partition coefficient (Wildman–Crippen LogP) is 6.59. The molecular weight excluding hydrogens is 460 g/mol. The maximum absolute atomic E-state index is 14.5. The third-order valence-electron chi connectivity index (χ3n) is 8.81. The summed E-state index contributed by atoms with van der Waals surface area (Å²) in [6.07, 6.45) is 8.35. The first-order valence-corrected chi connectivity index (χ1v) is 13.8. The van der Waals surface area contributed by atoms with Crippen molar-refractivity contribution in [2.75, 3.05) is 20.8 Å². The number of rotatable bonds is 8. The van der Waals surface area contributed by atoms with E-state index in [1.807, 2.05) is 18.2 Å². The highest BCUT2D eigenvalue weighted by Gasteiger charge is 2.49. The summed E-state index contributed by atoms with van der Waals surface area (Å²) in [5, 5.41) is 6.22. The van der Waals surface area contributed by atoms with Crippen LogP contribution in [0.25, 0.3) is 10.8 Å². The molecule has 0 radical (unpaired) electrons. The highest BCUT2D eigenvalue weighted by Crippen LogP contribution is 2.43. The van der Waals surface area contributed by atoms with Crippen LogP contribution >= 0.6 is 0 Å². The second-order valence-corrected chi connectivity index (χ2v) is 10.9.